The Morgan fingerprint density at radius 2 is 1.96 bits per heavy atom. The maximum Gasteiger partial charge on any atom is 0.300 e. The first kappa shape index (κ1) is 20.2. The Balaban J connectivity index is 0.000000705. The van der Waals surface area contributed by atoms with Crippen LogP contribution in [-0.4, -0.2) is 48.4 Å². The maximum atomic E-state index is 11.0. The van der Waals surface area contributed by atoms with Crippen molar-refractivity contribution in [3.8, 4) is 11.4 Å². The molecule has 0 saturated carbocycles. The van der Waals surface area contributed by atoms with Gasteiger partial charge in [0.05, 0.1) is 6.42 Å². The van der Waals surface area contributed by atoms with Crippen LogP contribution in [0.2, 0.25) is 0 Å². The van der Waals surface area contributed by atoms with Gasteiger partial charge in [-0.1, -0.05) is 0 Å². The summed E-state index contributed by atoms with van der Waals surface area (Å²) >= 11 is 0. The minimum absolute atomic E-state index is 0.00252. The summed E-state index contributed by atoms with van der Waals surface area (Å²) in [7, 11) is 0. The minimum atomic E-state index is -0.833. The van der Waals surface area contributed by atoms with Crippen molar-refractivity contribution in [1.29, 1.82) is 0 Å². The van der Waals surface area contributed by atoms with Crippen molar-refractivity contribution in [2.45, 2.75) is 40.2 Å². The second kappa shape index (κ2) is 9.48. The summed E-state index contributed by atoms with van der Waals surface area (Å²) in [5.74, 6) is -0.278. The average molecular weight is 349 g/mol. The summed E-state index contributed by atoms with van der Waals surface area (Å²) in [5, 5.41) is 20.7. The number of rotatable bonds is 6. The fourth-order valence-electron chi connectivity index (χ4n) is 2.13. The number of aliphatic hydroxyl groups excluding tert-OH is 1. The zero-order valence-electron chi connectivity index (χ0n) is 14.6. The van der Waals surface area contributed by atoms with Crippen LogP contribution in [0.5, 0.6) is 0 Å². The number of hydrogen-bond donors (Lipinski definition) is 3. The zero-order valence-corrected chi connectivity index (χ0v) is 14.6. The van der Waals surface area contributed by atoms with Crippen molar-refractivity contribution < 1.29 is 19.8 Å². The lowest BCUT2D eigenvalue weighted by molar-refractivity contribution is -0.134. The van der Waals surface area contributed by atoms with Gasteiger partial charge in [-0.25, -0.2) is 9.67 Å². The van der Waals surface area contributed by atoms with Crippen molar-refractivity contribution in [2.24, 2.45) is 5.73 Å². The molecule has 1 amide bonds. The van der Waals surface area contributed by atoms with Crippen LogP contribution in [0.15, 0.2) is 12.3 Å². The summed E-state index contributed by atoms with van der Waals surface area (Å²) < 4.78 is 1.69. The third-order valence-corrected chi connectivity index (χ3v) is 3.06. The Labute approximate surface area is 145 Å². The molecule has 0 aliphatic rings. The van der Waals surface area contributed by atoms with E-state index in [0.29, 0.717) is 24.6 Å². The molecule has 0 radical (unpaired) electrons. The van der Waals surface area contributed by atoms with E-state index in [1.54, 1.807) is 10.9 Å². The van der Waals surface area contributed by atoms with Gasteiger partial charge in [0.25, 0.3) is 5.97 Å². The van der Waals surface area contributed by atoms with E-state index in [1.807, 2.05) is 19.9 Å². The number of hydrogen-bond acceptors (Lipinski definition) is 6. The van der Waals surface area contributed by atoms with Crippen LogP contribution in [0.1, 0.15) is 30.4 Å². The van der Waals surface area contributed by atoms with Crippen LogP contribution in [0, 0.1) is 13.8 Å². The fraction of sp³-hybridized carbons (Fsp3) is 0.438. The molecule has 2 heterocycles. The maximum absolute atomic E-state index is 11.0. The number of pyridine rings is 1. The summed E-state index contributed by atoms with van der Waals surface area (Å²) in [4.78, 5) is 28.7. The van der Waals surface area contributed by atoms with Crippen LogP contribution in [0.25, 0.3) is 11.4 Å². The zero-order chi connectivity index (χ0) is 19.0. The molecule has 0 unspecified atom stereocenters. The summed E-state index contributed by atoms with van der Waals surface area (Å²) in [6.07, 6.45) is 2.31. The highest BCUT2D eigenvalue weighted by atomic mass is 16.4. The number of carboxylic acid groups (broad SMARTS) is 1. The van der Waals surface area contributed by atoms with Crippen LogP contribution >= 0.6 is 0 Å². The third kappa shape index (κ3) is 6.68. The molecule has 2 aromatic heterocycles. The monoisotopic (exact) mass is 349 g/mol. The van der Waals surface area contributed by atoms with E-state index in [4.69, 9.17) is 20.7 Å². The highest BCUT2D eigenvalue weighted by Crippen LogP contribution is 2.22. The van der Waals surface area contributed by atoms with Gasteiger partial charge in [-0.15, -0.1) is 0 Å². The first-order chi connectivity index (χ1) is 11.7. The molecule has 0 bridgehead atoms. The Morgan fingerprint density at radius 1 is 1.32 bits per heavy atom. The van der Waals surface area contributed by atoms with Crippen LogP contribution in [0.3, 0.4) is 0 Å². The molecule has 0 fully saturated rings. The van der Waals surface area contributed by atoms with Gasteiger partial charge in [0.1, 0.15) is 0 Å². The Kier molecular flexibility index (Phi) is 7.67. The van der Waals surface area contributed by atoms with Gasteiger partial charge >= 0.3 is 0 Å². The molecule has 2 rings (SSSR count). The van der Waals surface area contributed by atoms with Crippen molar-refractivity contribution in [1.82, 2.24) is 19.7 Å². The molecule has 0 aliphatic heterocycles. The molecular weight excluding hydrogens is 326 g/mol. The Morgan fingerprint density at radius 3 is 2.48 bits per heavy atom. The van der Waals surface area contributed by atoms with Crippen molar-refractivity contribution >= 4 is 11.9 Å². The number of nitrogens with two attached hydrogens (primary N) is 1. The summed E-state index contributed by atoms with van der Waals surface area (Å²) in [6.45, 7) is 5.56. The number of nitrogens with zero attached hydrogens (tertiary/aromatic N) is 4. The molecule has 2 aromatic rings. The van der Waals surface area contributed by atoms with Gasteiger partial charge in [-0.2, -0.15) is 5.10 Å². The molecule has 0 aromatic carbocycles. The predicted molar refractivity (Wildman–Crippen MR) is 90.6 cm³/mol. The van der Waals surface area contributed by atoms with Gasteiger partial charge in [0.15, 0.2) is 11.6 Å². The number of aryl methyl sites for hydroxylation is 3. The number of carboxylic acids is 1. The smallest absolute Gasteiger partial charge is 0.300 e. The summed E-state index contributed by atoms with van der Waals surface area (Å²) in [5.41, 5.74) is 8.01. The SMILES string of the molecule is CC(=O)O.Cc1cc(C)c(-c2nc(CC(N)=O)nn2CCCO)cn1. The molecular formula is C16H23N5O4. The first-order valence-electron chi connectivity index (χ1n) is 7.70. The number of primary amides is 1. The van der Waals surface area contributed by atoms with Gasteiger partial charge < -0.3 is 15.9 Å². The molecule has 136 valence electrons. The van der Waals surface area contributed by atoms with E-state index >= 15 is 0 Å². The largest absolute Gasteiger partial charge is 0.481 e. The molecule has 9 nitrogen and oxygen atoms in total. The molecule has 9 heteroatoms. The summed E-state index contributed by atoms with van der Waals surface area (Å²) in [6, 6.07) is 1.97. The van der Waals surface area contributed by atoms with E-state index < -0.39 is 11.9 Å². The predicted octanol–water partition coefficient (Wildman–Crippen LogP) is 0.458. The van der Waals surface area contributed by atoms with E-state index in [1.165, 1.54) is 0 Å². The second-order valence-corrected chi connectivity index (χ2v) is 5.45. The number of carbonyl (C=O) groups excluding carboxylic acids is 1. The minimum Gasteiger partial charge on any atom is -0.481 e. The number of carbonyl (C=O) groups is 2. The van der Waals surface area contributed by atoms with E-state index in [-0.39, 0.29) is 13.0 Å². The lowest BCUT2D eigenvalue weighted by atomic mass is 10.1. The van der Waals surface area contributed by atoms with Gasteiger partial charge in [0.2, 0.25) is 5.91 Å². The highest BCUT2D eigenvalue weighted by Gasteiger charge is 2.15. The Bertz CT molecular complexity index is 738. The molecule has 4 N–H and O–H groups in total. The number of aliphatic carboxylic acids is 1. The first-order valence-corrected chi connectivity index (χ1v) is 7.70. The third-order valence-electron chi connectivity index (χ3n) is 3.06. The molecule has 0 saturated heterocycles. The fourth-order valence-corrected chi connectivity index (χ4v) is 2.13. The highest BCUT2D eigenvalue weighted by molar-refractivity contribution is 5.75. The lowest BCUT2D eigenvalue weighted by Gasteiger charge is -2.07. The van der Waals surface area contributed by atoms with Crippen molar-refractivity contribution in [2.75, 3.05) is 6.61 Å². The molecule has 0 aliphatic carbocycles. The molecule has 25 heavy (non-hydrogen) atoms. The average Bonchev–Trinajstić information content (AvgIpc) is 2.86. The van der Waals surface area contributed by atoms with Crippen molar-refractivity contribution in [3.63, 3.8) is 0 Å². The van der Waals surface area contributed by atoms with Gasteiger partial charge in [-0.3, -0.25) is 14.6 Å². The molecule has 0 atom stereocenters. The van der Waals surface area contributed by atoms with E-state index in [9.17, 15) is 4.79 Å². The number of aromatic nitrogens is 4. The van der Waals surface area contributed by atoms with Crippen molar-refractivity contribution in [3.05, 3.63) is 29.3 Å². The van der Waals surface area contributed by atoms with Gasteiger partial charge in [0, 0.05) is 37.5 Å². The van der Waals surface area contributed by atoms with Crippen LogP contribution in [-0.2, 0) is 22.6 Å². The van der Waals surface area contributed by atoms with Crippen LogP contribution < -0.4 is 5.73 Å². The standard InChI is InChI=1S/C14H19N5O2.C2H4O2/c1-9-6-10(2)16-8-11(9)14-17-13(7-12(15)21)18-19(14)4-3-5-20;1-2(3)4/h6,8,20H,3-5,7H2,1-2H3,(H2,15,21);1H3,(H,3,4). The number of amides is 1. The van der Waals surface area contributed by atoms with E-state index in [0.717, 1.165) is 23.7 Å². The van der Waals surface area contributed by atoms with Crippen LogP contribution in [0.4, 0.5) is 0 Å². The number of aliphatic hydroxyl groups is 1. The topological polar surface area (TPSA) is 144 Å². The quantitative estimate of drug-likeness (QED) is 0.687. The Hall–Kier alpha value is -2.81. The van der Waals surface area contributed by atoms with Gasteiger partial charge in [-0.05, 0) is 31.9 Å². The second-order valence-electron chi connectivity index (χ2n) is 5.45. The normalized spacial score (nSPS) is 10.1. The molecule has 0 spiro atoms. The van der Waals surface area contributed by atoms with E-state index in [2.05, 4.69) is 15.1 Å². The lowest BCUT2D eigenvalue weighted by Crippen LogP contribution is -2.15.